The molecule has 1 aliphatic heterocycles. The second-order valence-corrected chi connectivity index (χ2v) is 4.93. The summed E-state index contributed by atoms with van der Waals surface area (Å²) in [5, 5.41) is 3.63. The zero-order chi connectivity index (χ0) is 12.4. The van der Waals surface area contributed by atoms with Crippen molar-refractivity contribution in [3.05, 3.63) is 70.8 Å². The Balaban J connectivity index is 1.97. The van der Waals surface area contributed by atoms with Gasteiger partial charge in [0.05, 0.1) is 6.04 Å². The largest absolute Gasteiger partial charge is 0.306 e. The number of benzene rings is 2. The Morgan fingerprint density at radius 1 is 1.06 bits per heavy atom. The molecule has 0 aliphatic carbocycles. The van der Waals surface area contributed by atoms with Crippen LogP contribution in [0.4, 0.5) is 0 Å². The molecule has 1 aliphatic rings. The Morgan fingerprint density at radius 2 is 1.83 bits per heavy atom. The van der Waals surface area contributed by atoms with Crippen molar-refractivity contribution in [3.8, 4) is 0 Å². The molecule has 0 bridgehead atoms. The third kappa shape index (κ3) is 2.06. The standard InChI is InChI=1S/C17H19N/c1-2-13-7-9-15(10-8-13)17-16-6-4-3-5-14(16)11-12-18-17/h3-10,17-18H,2,11-12H2,1H3. The SMILES string of the molecule is CCc1ccc(C2NCCc3ccccc32)cc1. The average Bonchev–Trinajstić information content (AvgIpc) is 2.47. The van der Waals surface area contributed by atoms with E-state index >= 15 is 0 Å². The van der Waals surface area contributed by atoms with Gasteiger partial charge in [-0.2, -0.15) is 0 Å². The lowest BCUT2D eigenvalue weighted by molar-refractivity contribution is 0.568. The van der Waals surface area contributed by atoms with Crippen LogP contribution in [-0.4, -0.2) is 6.54 Å². The number of fused-ring (bicyclic) bond motifs is 1. The summed E-state index contributed by atoms with van der Waals surface area (Å²) in [6.07, 6.45) is 2.24. The van der Waals surface area contributed by atoms with Crippen molar-refractivity contribution in [1.29, 1.82) is 0 Å². The van der Waals surface area contributed by atoms with E-state index in [2.05, 4.69) is 60.8 Å². The van der Waals surface area contributed by atoms with Crippen molar-refractivity contribution in [2.75, 3.05) is 6.54 Å². The van der Waals surface area contributed by atoms with Crippen LogP contribution in [-0.2, 0) is 12.8 Å². The van der Waals surface area contributed by atoms with Crippen molar-refractivity contribution in [2.45, 2.75) is 25.8 Å². The minimum atomic E-state index is 0.362. The lowest BCUT2D eigenvalue weighted by Crippen LogP contribution is -2.30. The van der Waals surface area contributed by atoms with Crippen LogP contribution in [0.25, 0.3) is 0 Å². The first-order valence-electron chi connectivity index (χ1n) is 6.78. The smallest absolute Gasteiger partial charge is 0.0579 e. The zero-order valence-corrected chi connectivity index (χ0v) is 10.8. The molecule has 0 radical (unpaired) electrons. The van der Waals surface area contributed by atoms with Gasteiger partial charge >= 0.3 is 0 Å². The molecular weight excluding hydrogens is 218 g/mol. The Labute approximate surface area is 109 Å². The van der Waals surface area contributed by atoms with Crippen molar-refractivity contribution < 1.29 is 0 Å². The predicted octanol–water partition coefficient (Wildman–Crippen LogP) is 3.48. The van der Waals surface area contributed by atoms with Crippen molar-refractivity contribution in [1.82, 2.24) is 5.32 Å². The quantitative estimate of drug-likeness (QED) is 0.843. The first kappa shape index (κ1) is 11.5. The number of aryl methyl sites for hydroxylation is 1. The highest BCUT2D eigenvalue weighted by molar-refractivity contribution is 5.40. The van der Waals surface area contributed by atoms with E-state index in [0.717, 1.165) is 19.4 Å². The molecule has 1 nitrogen and oxygen atoms in total. The molecule has 0 spiro atoms. The fraction of sp³-hybridized carbons (Fsp3) is 0.294. The van der Waals surface area contributed by atoms with Crippen LogP contribution in [0.3, 0.4) is 0 Å². The topological polar surface area (TPSA) is 12.0 Å². The van der Waals surface area contributed by atoms with Crippen molar-refractivity contribution >= 4 is 0 Å². The molecule has 2 aromatic carbocycles. The molecule has 18 heavy (non-hydrogen) atoms. The zero-order valence-electron chi connectivity index (χ0n) is 10.8. The molecule has 1 heterocycles. The van der Waals surface area contributed by atoms with E-state index in [1.807, 2.05) is 0 Å². The average molecular weight is 237 g/mol. The summed E-state index contributed by atoms with van der Waals surface area (Å²) in [7, 11) is 0. The molecule has 1 unspecified atom stereocenters. The monoisotopic (exact) mass is 237 g/mol. The first-order chi connectivity index (χ1) is 8.88. The summed E-state index contributed by atoms with van der Waals surface area (Å²) < 4.78 is 0. The van der Waals surface area contributed by atoms with Crippen LogP contribution < -0.4 is 5.32 Å². The fourth-order valence-corrected chi connectivity index (χ4v) is 2.75. The van der Waals surface area contributed by atoms with Gasteiger partial charge in [0, 0.05) is 6.54 Å². The van der Waals surface area contributed by atoms with Crippen LogP contribution in [0.5, 0.6) is 0 Å². The maximum atomic E-state index is 3.63. The lowest BCUT2D eigenvalue weighted by atomic mass is 9.89. The third-order valence-electron chi connectivity index (χ3n) is 3.83. The second-order valence-electron chi connectivity index (χ2n) is 4.93. The highest BCUT2D eigenvalue weighted by Gasteiger charge is 2.20. The van der Waals surface area contributed by atoms with Gasteiger partial charge in [-0.1, -0.05) is 55.5 Å². The molecule has 92 valence electrons. The van der Waals surface area contributed by atoms with Gasteiger partial charge in [0.15, 0.2) is 0 Å². The highest BCUT2D eigenvalue weighted by Crippen LogP contribution is 2.28. The number of hydrogen-bond donors (Lipinski definition) is 1. The Bertz CT molecular complexity index is 528. The lowest BCUT2D eigenvalue weighted by Gasteiger charge is -2.27. The van der Waals surface area contributed by atoms with Gasteiger partial charge in [-0.15, -0.1) is 0 Å². The molecule has 0 saturated heterocycles. The molecule has 3 rings (SSSR count). The van der Waals surface area contributed by atoms with E-state index in [1.165, 1.54) is 22.3 Å². The summed E-state index contributed by atoms with van der Waals surface area (Å²) in [4.78, 5) is 0. The van der Waals surface area contributed by atoms with Crippen LogP contribution in [0.1, 0.15) is 35.2 Å². The van der Waals surface area contributed by atoms with E-state index < -0.39 is 0 Å². The normalized spacial score (nSPS) is 18.4. The molecule has 1 atom stereocenters. The Kier molecular flexibility index (Phi) is 3.16. The van der Waals surface area contributed by atoms with Crippen LogP contribution in [0.15, 0.2) is 48.5 Å². The summed E-state index contributed by atoms with van der Waals surface area (Å²) >= 11 is 0. The second kappa shape index (κ2) is 4.95. The Morgan fingerprint density at radius 3 is 2.61 bits per heavy atom. The molecule has 0 amide bonds. The molecular formula is C17H19N. The first-order valence-corrected chi connectivity index (χ1v) is 6.78. The van der Waals surface area contributed by atoms with E-state index in [0.29, 0.717) is 6.04 Å². The van der Waals surface area contributed by atoms with Gasteiger partial charge in [0.25, 0.3) is 0 Å². The summed E-state index contributed by atoms with van der Waals surface area (Å²) in [6, 6.07) is 18.2. The molecule has 0 aromatic heterocycles. The Hall–Kier alpha value is -1.60. The van der Waals surface area contributed by atoms with E-state index in [4.69, 9.17) is 0 Å². The molecule has 1 heteroatoms. The van der Waals surface area contributed by atoms with Crippen molar-refractivity contribution in [3.63, 3.8) is 0 Å². The summed E-state index contributed by atoms with van der Waals surface area (Å²) in [6.45, 7) is 3.26. The number of rotatable bonds is 2. The van der Waals surface area contributed by atoms with E-state index in [9.17, 15) is 0 Å². The minimum Gasteiger partial charge on any atom is -0.306 e. The maximum absolute atomic E-state index is 3.63. The predicted molar refractivity (Wildman–Crippen MR) is 75.8 cm³/mol. The molecule has 0 saturated carbocycles. The summed E-state index contributed by atoms with van der Waals surface area (Å²) in [5.41, 5.74) is 5.70. The van der Waals surface area contributed by atoms with Gasteiger partial charge in [-0.25, -0.2) is 0 Å². The van der Waals surface area contributed by atoms with Crippen molar-refractivity contribution in [2.24, 2.45) is 0 Å². The van der Waals surface area contributed by atoms with Gasteiger partial charge in [-0.3, -0.25) is 0 Å². The van der Waals surface area contributed by atoms with Gasteiger partial charge < -0.3 is 5.32 Å². The number of nitrogens with one attached hydrogen (secondary N) is 1. The molecule has 1 N–H and O–H groups in total. The third-order valence-corrected chi connectivity index (χ3v) is 3.83. The van der Waals surface area contributed by atoms with Crippen LogP contribution in [0.2, 0.25) is 0 Å². The fourth-order valence-electron chi connectivity index (χ4n) is 2.75. The minimum absolute atomic E-state index is 0.362. The van der Waals surface area contributed by atoms with Gasteiger partial charge in [0.1, 0.15) is 0 Å². The van der Waals surface area contributed by atoms with E-state index in [1.54, 1.807) is 0 Å². The van der Waals surface area contributed by atoms with Gasteiger partial charge in [-0.05, 0) is 35.1 Å². The van der Waals surface area contributed by atoms with Crippen LogP contribution >= 0.6 is 0 Å². The molecule has 2 aromatic rings. The van der Waals surface area contributed by atoms with Gasteiger partial charge in [0.2, 0.25) is 0 Å². The summed E-state index contributed by atoms with van der Waals surface area (Å²) in [5.74, 6) is 0. The van der Waals surface area contributed by atoms with E-state index in [-0.39, 0.29) is 0 Å². The highest BCUT2D eigenvalue weighted by atomic mass is 14.9. The molecule has 0 fully saturated rings. The number of hydrogen-bond acceptors (Lipinski definition) is 1. The maximum Gasteiger partial charge on any atom is 0.0579 e. The van der Waals surface area contributed by atoms with Crippen LogP contribution in [0, 0.1) is 0 Å².